The highest BCUT2D eigenvalue weighted by molar-refractivity contribution is 7.92. The van der Waals surface area contributed by atoms with Crippen molar-refractivity contribution >= 4 is 21.6 Å². The number of oxazole rings is 1. The SMILES string of the molecule is CCC1(CC)CC1C(=O)NCc1nc(-c2cccc(NS(=O)(=O)c3ccc(OC)cc3)c2)oc1C. The molecule has 1 fully saturated rings. The van der Waals surface area contributed by atoms with Crippen LogP contribution in [0.4, 0.5) is 5.69 Å². The van der Waals surface area contributed by atoms with Gasteiger partial charge in [-0.2, -0.15) is 0 Å². The van der Waals surface area contributed by atoms with Crippen molar-refractivity contribution in [3.05, 3.63) is 60.0 Å². The molecule has 0 saturated heterocycles. The average Bonchev–Trinajstić information content (AvgIpc) is 3.49. The van der Waals surface area contributed by atoms with Gasteiger partial charge in [0, 0.05) is 17.2 Å². The van der Waals surface area contributed by atoms with Crippen LogP contribution >= 0.6 is 0 Å². The number of amides is 1. The van der Waals surface area contributed by atoms with E-state index in [2.05, 4.69) is 28.9 Å². The first-order chi connectivity index (χ1) is 16.7. The highest BCUT2D eigenvalue weighted by Gasteiger charge is 2.55. The fourth-order valence-corrected chi connectivity index (χ4v) is 5.49. The molecule has 2 N–H and O–H groups in total. The van der Waals surface area contributed by atoms with Crippen LogP contribution in [0.2, 0.25) is 0 Å². The Bertz CT molecular complexity index is 1310. The molecule has 0 bridgehead atoms. The number of carbonyl (C=O) groups excluding carboxylic acids is 1. The maximum Gasteiger partial charge on any atom is 0.261 e. The number of methoxy groups -OCH3 is 1. The zero-order chi connectivity index (χ0) is 25.2. The van der Waals surface area contributed by atoms with Crippen molar-refractivity contribution in [3.63, 3.8) is 0 Å². The minimum absolute atomic E-state index is 0.0626. The van der Waals surface area contributed by atoms with E-state index >= 15 is 0 Å². The van der Waals surface area contributed by atoms with E-state index in [-0.39, 0.29) is 28.7 Å². The second-order valence-corrected chi connectivity index (χ2v) is 10.6. The number of anilines is 1. The molecule has 8 nitrogen and oxygen atoms in total. The normalized spacial score (nSPS) is 16.5. The van der Waals surface area contributed by atoms with Gasteiger partial charge in [0.05, 0.1) is 18.6 Å². The Morgan fingerprint density at radius 1 is 1.17 bits per heavy atom. The lowest BCUT2D eigenvalue weighted by molar-refractivity contribution is -0.123. The summed E-state index contributed by atoms with van der Waals surface area (Å²) in [6.45, 7) is 6.36. The first kappa shape index (κ1) is 24.8. The lowest BCUT2D eigenvalue weighted by Gasteiger charge is -2.11. The molecular formula is C26H31N3O5S. The standard InChI is InChI=1S/C26H31N3O5S/c1-5-26(6-2)15-22(26)24(30)27-16-23-17(3)34-25(28-23)18-8-7-9-19(14-18)29-35(31,32)21-12-10-20(33-4)11-13-21/h7-14,22,29H,5-6,15-16H2,1-4H3,(H,27,30). The summed E-state index contributed by atoms with van der Waals surface area (Å²) in [5.74, 6) is 1.68. The largest absolute Gasteiger partial charge is 0.497 e. The molecule has 2 aromatic carbocycles. The molecule has 1 unspecified atom stereocenters. The van der Waals surface area contributed by atoms with Crippen LogP contribution in [0.15, 0.2) is 57.8 Å². The number of hydrogen-bond donors (Lipinski definition) is 2. The fraction of sp³-hybridized carbons (Fsp3) is 0.385. The van der Waals surface area contributed by atoms with Crippen molar-refractivity contribution in [1.82, 2.24) is 10.3 Å². The minimum atomic E-state index is -3.78. The van der Waals surface area contributed by atoms with Crippen molar-refractivity contribution in [3.8, 4) is 17.2 Å². The monoisotopic (exact) mass is 497 g/mol. The second-order valence-electron chi connectivity index (χ2n) is 8.93. The third kappa shape index (κ3) is 5.19. The zero-order valence-corrected chi connectivity index (χ0v) is 21.2. The number of sulfonamides is 1. The van der Waals surface area contributed by atoms with Crippen LogP contribution in [0.25, 0.3) is 11.5 Å². The van der Waals surface area contributed by atoms with E-state index in [1.54, 1.807) is 43.3 Å². The Kier molecular flexibility index (Phi) is 6.89. The number of aryl methyl sites for hydroxylation is 1. The highest BCUT2D eigenvalue weighted by Crippen LogP contribution is 2.57. The molecule has 0 radical (unpaired) electrons. The molecule has 1 atom stereocenters. The summed E-state index contributed by atoms with van der Waals surface area (Å²) in [5.41, 5.74) is 1.80. The molecular weight excluding hydrogens is 466 g/mol. The predicted molar refractivity (Wildman–Crippen MR) is 133 cm³/mol. The van der Waals surface area contributed by atoms with Gasteiger partial charge >= 0.3 is 0 Å². The second kappa shape index (κ2) is 9.73. The van der Waals surface area contributed by atoms with Crippen LogP contribution in [0.5, 0.6) is 5.75 Å². The van der Waals surface area contributed by atoms with E-state index < -0.39 is 10.0 Å². The summed E-state index contributed by atoms with van der Waals surface area (Å²) < 4.78 is 39.1. The molecule has 1 aliphatic carbocycles. The van der Waals surface area contributed by atoms with E-state index in [1.165, 1.54) is 19.2 Å². The van der Waals surface area contributed by atoms with Gasteiger partial charge in [0.1, 0.15) is 17.2 Å². The molecule has 1 amide bonds. The third-order valence-corrected chi connectivity index (χ3v) is 8.37. The molecule has 0 aliphatic heterocycles. The van der Waals surface area contributed by atoms with Gasteiger partial charge < -0.3 is 14.5 Å². The molecule has 9 heteroatoms. The summed E-state index contributed by atoms with van der Waals surface area (Å²) in [4.78, 5) is 17.3. The van der Waals surface area contributed by atoms with Gasteiger partial charge in [-0.25, -0.2) is 13.4 Å². The van der Waals surface area contributed by atoms with E-state index in [0.717, 1.165) is 19.3 Å². The summed E-state index contributed by atoms with van der Waals surface area (Å²) in [5, 5.41) is 3.00. The van der Waals surface area contributed by atoms with Crippen molar-refractivity contribution in [2.24, 2.45) is 11.3 Å². The Morgan fingerprint density at radius 2 is 1.89 bits per heavy atom. The van der Waals surface area contributed by atoms with Crippen molar-refractivity contribution in [1.29, 1.82) is 0 Å². The van der Waals surface area contributed by atoms with Gasteiger partial charge in [-0.3, -0.25) is 9.52 Å². The number of carbonyl (C=O) groups is 1. The number of rotatable bonds is 10. The van der Waals surface area contributed by atoms with Gasteiger partial charge in [-0.05, 0) is 74.1 Å². The third-order valence-electron chi connectivity index (χ3n) is 6.97. The first-order valence-corrected chi connectivity index (χ1v) is 13.2. The molecule has 186 valence electrons. The smallest absolute Gasteiger partial charge is 0.261 e. The molecule has 3 aromatic rings. The van der Waals surface area contributed by atoms with Gasteiger partial charge in [0.25, 0.3) is 10.0 Å². The number of aromatic nitrogens is 1. The Hall–Kier alpha value is -3.33. The van der Waals surface area contributed by atoms with Crippen LogP contribution in [-0.2, 0) is 21.4 Å². The quantitative estimate of drug-likeness (QED) is 0.412. The summed E-state index contributed by atoms with van der Waals surface area (Å²) in [7, 11) is -2.26. The number of benzene rings is 2. The molecule has 4 rings (SSSR count). The first-order valence-electron chi connectivity index (χ1n) is 11.7. The zero-order valence-electron chi connectivity index (χ0n) is 20.4. The van der Waals surface area contributed by atoms with Gasteiger partial charge in [-0.15, -0.1) is 0 Å². The van der Waals surface area contributed by atoms with Crippen LogP contribution < -0.4 is 14.8 Å². The Labute approximate surface area is 206 Å². The van der Waals surface area contributed by atoms with Crippen LogP contribution in [-0.4, -0.2) is 26.4 Å². The molecule has 35 heavy (non-hydrogen) atoms. The average molecular weight is 498 g/mol. The number of nitrogens with zero attached hydrogens (tertiary/aromatic N) is 1. The predicted octanol–water partition coefficient (Wildman–Crippen LogP) is 4.90. The maximum absolute atomic E-state index is 12.8. The summed E-state index contributed by atoms with van der Waals surface area (Å²) in [6, 6.07) is 13.0. The Morgan fingerprint density at radius 3 is 2.51 bits per heavy atom. The molecule has 1 heterocycles. The molecule has 1 aliphatic rings. The minimum Gasteiger partial charge on any atom is -0.497 e. The lowest BCUT2D eigenvalue weighted by atomic mass is 9.97. The van der Waals surface area contributed by atoms with Crippen molar-refractivity contribution < 1.29 is 22.4 Å². The van der Waals surface area contributed by atoms with Crippen LogP contribution in [0.1, 0.15) is 44.6 Å². The maximum atomic E-state index is 12.8. The van der Waals surface area contributed by atoms with E-state index in [1.807, 2.05) is 0 Å². The van der Waals surface area contributed by atoms with Gasteiger partial charge in [-0.1, -0.05) is 19.9 Å². The number of nitrogens with one attached hydrogen (secondary N) is 2. The fourth-order valence-electron chi connectivity index (χ4n) is 4.44. The molecule has 1 aromatic heterocycles. The van der Waals surface area contributed by atoms with Crippen molar-refractivity contribution in [2.75, 3.05) is 11.8 Å². The summed E-state index contributed by atoms with van der Waals surface area (Å²) >= 11 is 0. The van der Waals surface area contributed by atoms with Gasteiger partial charge in [0.2, 0.25) is 11.8 Å². The van der Waals surface area contributed by atoms with E-state index in [9.17, 15) is 13.2 Å². The number of hydrogen-bond acceptors (Lipinski definition) is 6. The molecule has 1 saturated carbocycles. The Balaban J connectivity index is 1.45. The van der Waals surface area contributed by atoms with Gasteiger partial charge in [0.15, 0.2) is 0 Å². The van der Waals surface area contributed by atoms with E-state index in [0.29, 0.717) is 34.3 Å². The lowest BCUT2D eigenvalue weighted by Crippen LogP contribution is -2.27. The number of ether oxygens (including phenoxy) is 1. The van der Waals surface area contributed by atoms with Crippen LogP contribution in [0.3, 0.4) is 0 Å². The van der Waals surface area contributed by atoms with Crippen LogP contribution in [0, 0.1) is 18.3 Å². The topological polar surface area (TPSA) is 111 Å². The molecule has 0 spiro atoms. The van der Waals surface area contributed by atoms with Crippen molar-refractivity contribution in [2.45, 2.75) is 51.5 Å². The summed E-state index contributed by atoms with van der Waals surface area (Å²) in [6.07, 6.45) is 2.95. The van der Waals surface area contributed by atoms with E-state index in [4.69, 9.17) is 9.15 Å². The highest BCUT2D eigenvalue weighted by atomic mass is 32.2.